The second-order valence-electron chi connectivity index (χ2n) is 4.75. The molecule has 7 nitrogen and oxygen atoms in total. The summed E-state index contributed by atoms with van der Waals surface area (Å²) in [7, 11) is 1.71. The van der Waals surface area contributed by atoms with Gasteiger partial charge in [-0.15, -0.1) is 0 Å². The van der Waals surface area contributed by atoms with E-state index in [-0.39, 0.29) is 11.8 Å². The number of amides is 1. The van der Waals surface area contributed by atoms with Gasteiger partial charge in [0.15, 0.2) is 6.04 Å². The molecule has 0 radical (unpaired) electrons. The number of aryl methyl sites for hydroxylation is 1. The number of carbonyl (C=O) groups excluding carboxylic acids is 1. The number of hydrogen-bond acceptors (Lipinski definition) is 4. The van der Waals surface area contributed by atoms with E-state index in [4.69, 9.17) is 0 Å². The van der Waals surface area contributed by atoms with Gasteiger partial charge in [0.1, 0.15) is 0 Å². The van der Waals surface area contributed by atoms with Crippen molar-refractivity contribution in [2.45, 2.75) is 18.9 Å². The number of aromatic nitrogens is 2. The number of aliphatic carboxylic acids is 1. The summed E-state index contributed by atoms with van der Waals surface area (Å²) in [4.78, 5) is 23.3. The maximum Gasteiger partial charge on any atom is 0.331 e. The molecule has 104 valence electrons. The summed E-state index contributed by atoms with van der Waals surface area (Å²) >= 11 is 0. The second-order valence-corrected chi connectivity index (χ2v) is 4.75. The molecule has 1 aliphatic rings. The van der Waals surface area contributed by atoms with E-state index in [1.54, 1.807) is 13.2 Å². The van der Waals surface area contributed by atoms with Crippen LogP contribution in [0.2, 0.25) is 0 Å². The summed E-state index contributed by atoms with van der Waals surface area (Å²) in [6, 6.07) is -1.03. The predicted octanol–water partition coefficient (Wildman–Crippen LogP) is -0.338. The number of carboxylic acid groups (broad SMARTS) is 1. The van der Waals surface area contributed by atoms with Crippen LogP contribution in [0.25, 0.3) is 0 Å². The maximum absolute atomic E-state index is 12.1. The Morgan fingerprint density at radius 1 is 1.53 bits per heavy atom. The van der Waals surface area contributed by atoms with Crippen LogP contribution in [0.3, 0.4) is 0 Å². The average Bonchev–Trinajstić information content (AvgIpc) is 2.82. The Bertz CT molecular complexity index is 465. The van der Waals surface area contributed by atoms with E-state index in [1.807, 2.05) is 0 Å². The zero-order valence-corrected chi connectivity index (χ0v) is 10.8. The van der Waals surface area contributed by atoms with E-state index in [2.05, 4.69) is 15.7 Å². The largest absolute Gasteiger partial charge is 0.479 e. The molecule has 19 heavy (non-hydrogen) atoms. The molecule has 1 saturated heterocycles. The van der Waals surface area contributed by atoms with Gasteiger partial charge in [-0.25, -0.2) is 4.79 Å². The third-order valence-electron chi connectivity index (χ3n) is 3.30. The molecule has 0 aromatic carbocycles. The summed E-state index contributed by atoms with van der Waals surface area (Å²) in [5.41, 5.74) is 0.484. The molecule has 1 aliphatic heterocycles. The Hall–Kier alpha value is -1.89. The molecular formula is C12H18N4O3. The summed E-state index contributed by atoms with van der Waals surface area (Å²) < 4.78 is 1.52. The Kier molecular flexibility index (Phi) is 4.16. The van der Waals surface area contributed by atoms with Gasteiger partial charge in [-0.3, -0.25) is 9.48 Å². The predicted molar refractivity (Wildman–Crippen MR) is 67.3 cm³/mol. The highest BCUT2D eigenvalue weighted by atomic mass is 16.4. The first-order valence-corrected chi connectivity index (χ1v) is 6.30. The first-order valence-electron chi connectivity index (χ1n) is 6.30. The van der Waals surface area contributed by atoms with E-state index in [9.17, 15) is 14.7 Å². The Labute approximate surface area is 111 Å². The van der Waals surface area contributed by atoms with E-state index in [1.165, 1.54) is 10.9 Å². The number of nitrogens with zero attached hydrogens (tertiary/aromatic N) is 2. The number of carbonyl (C=O) groups is 2. The minimum Gasteiger partial charge on any atom is -0.479 e. The van der Waals surface area contributed by atoms with Gasteiger partial charge in [0.2, 0.25) is 5.91 Å². The van der Waals surface area contributed by atoms with Crippen molar-refractivity contribution in [3.63, 3.8) is 0 Å². The molecule has 1 unspecified atom stereocenters. The van der Waals surface area contributed by atoms with Crippen LogP contribution in [0.1, 0.15) is 24.4 Å². The second kappa shape index (κ2) is 5.83. The molecule has 1 aromatic heterocycles. The lowest BCUT2D eigenvalue weighted by atomic mass is 9.96. The topological polar surface area (TPSA) is 96.2 Å². The monoisotopic (exact) mass is 266 g/mol. The molecule has 2 heterocycles. The Morgan fingerprint density at radius 2 is 2.21 bits per heavy atom. The molecule has 1 amide bonds. The zero-order chi connectivity index (χ0) is 13.8. The van der Waals surface area contributed by atoms with Crippen LogP contribution in [0, 0.1) is 5.92 Å². The molecule has 3 N–H and O–H groups in total. The van der Waals surface area contributed by atoms with Crippen LogP contribution >= 0.6 is 0 Å². The molecule has 1 aromatic rings. The van der Waals surface area contributed by atoms with Crippen molar-refractivity contribution in [2.75, 3.05) is 13.1 Å². The van der Waals surface area contributed by atoms with Crippen molar-refractivity contribution in [3.05, 3.63) is 18.0 Å². The average molecular weight is 266 g/mol. The van der Waals surface area contributed by atoms with E-state index in [0.29, 0.717) is 5.56 Å². The molecule has 0 saturated carbocycles. The van der Waals surface area contributed by atoms with Crippen LogP contribution in [0.5, 0.6) is 0 Å². The lowest BCUT2D eigenvalue weighted by molar-refractivity contribution is -0.142. The Balaban J connectivity index is 2.04. The van der Waals surface area contributed by atoms with Crippen molar-refractivity contribution >= 4 is 11.9 Å². The van der Waals surface area contributed by atoms with Crippen LogP contribution in [-0.4, -0.2) is 39.9 Å². The standard InChI is InChI=1S/C12H18N4O3/c1-16-7-9(6-14-16)10(12(18)19)15-11(17)8-2-4-13-5-3-8/h6-8,10,13H,2-5H2,1H3,(H,15,17)(H,18,19). The van der Waals surface area contributed by atoms with Gasteiger partial charge < -0.3 is 15.7 Å². The smallest absolute Gasteiger partial charge is 0.331 e. The number of carboxylic acids is 1. The van der Waals surface area contributed by atoms with Gasteiger partial charge in [-0.2, -0.15) is 5.10 Å². The first kappa shape index (κ1) is 13.5. The van der Waals surface area contributed by atoms with Gasteiger partial charge in [0.05, 0.1) is 6.20 Å². The van der Waals surface area contributed by atoms with Crippen LogP contribution < -0.4 is 10.6 Å². The third kappa shape index (κ3) is 3.31. The molecule has 1 atom stereocenters. The lowest BCUT2D eigenvalue weighted by Gasteiger charge is -2.23. The van der Waals surface area contributed by atoms with Gasteiger partial charge in [0.25, 0.3) is 0 Å². The summed E-state index contributed by atoms with van der Waals surface area (Å²) in [5.74, 6) is -1.38. The fourth-order valence-electron chi connectivity index (χ4n) is 2.22. The number of nitrogens with one attached hydrogen (secondary N) is 2. The number of piperidine rings is 1. The normalized spacial score (nSPS) is 17.9. The highest BCUT2D eigenvalue weighted by Gasteiger charge is 2.28. The van der Waals surface area contributed by atoms with Crippen molar-refractivity contribution in [3.8, 4) is 0 Å². The van der Waals surface area contributed by atoms with Gasteiger partial charge in [0, 0.05) is 24.7 Å². The van der Waals surface area contributed by atoms with E-state index >= 15 is 0 Å². The zero-order valence-electron chi connectivity index (χ0n) is 10.8. The highest BCUT2D eigenvalue weighted by molar-refractivity contribution is 5.85. The van der Waals surface area contributed by atoms with Crippen LogP contribution in [0.15, 0.2) is 12.4 Å². The molecule has 0 bridgehead atoms. The SMILES string of the molecule is Cn1cc(C(NC(=O)C2CCNCC2)C(=O)O)cn1. The van der Waals surface area contributed by atoms with Crippen molar-refractivity contribution in [2.24, 2.45) is 13.0 Å². The molecule has 0 aliphatic carbocycles. The Morgan fingerprint density at radius 3 is 2.74 bits per heavy atom. The van der Waals surface area contributed by atoms with E-state index in [0.717, 1.165) is 25.9 Å². The maximum atomic E-state index is 12.1. The van der Waals surface area contributed by atoms with Crippen molar-refractivity contribution in [1.29, 1.82) is 0 Å². The molecule has 2 rings (SSSR count). The fourth-order valence-corrected chi connectivity index (χ4v) is 2.22. The van der Waals surface area contributed by atoms with E-state index < -0.39 is 12.0 Å². The van der Waals surface area contributed by atoms with Gasteiger partial charge in [-0.05, 0) is 25.9 Å². The van der Waals surface area contributed by atoms with Crippen LogP contribution in [-0.2, 0) is 16.6 Å². The summed E-state index contributed by atoms with van der Waals surface area (Å²) in [6.45, 7) is 1.59. The lowest BCUT2D eigenvalue weighted by Crippen LogP contribution is -2.41. The first-order chi connectivity index (χ1) is 9.08. The minimum atomic E-state index is -1.07. The van der Waals surface area contributed by atoms with Crippen molar-refractivity contribution in [1.82, 2.24) is 20.4 Å². The number of hydrogen-bond donors (Lipinski definition) is 3. The molecule has 7 heteroatoms. The molecule has 1 fully saturated rings. The third-order valence-corrected chi connectivity index (χ3v) is 3.30. The summed E-state index contributed by atoms with van der Waals surface area (Å²) in [6.07, 6.45) is 4.54. The highest BCUT2D eigenvalue weighted by Crippen LogP contribution is 2.16. The van der Waals surface area contributed by atoms with Gasteiger partial charge >= 0.3 is 5.97 Å². The fraction of sp³-hybridized carbons (Fsp3) is 0.583. The van der Waals surface area contributed by atoms with Crippen LogP contribution in [0.4, 0.5) is 0 Å². The molecular weight excluding hydrogens is 248 g/mol. The quantitative estimate of drug-likeness (QED) is 0.693. The minimum absolute atomic E-state index is 0.111. The summed E-state index contributed by atoms with van der Waals surface area (Å²) in [5, 5.41) is 18.9. The van der Waals surface area contributed by atoms with Gasteiger partial charge in [-0.1, -0.05) is 0 Å². The molecule has 0 spiro atoms. The van der Waals surface area contributed by atoms with Crippen molar-refractivity contribution < 1.29 is 14.7 Å². The number of rotatable bonds is 4.